The molecule has 0 N–H and O–H groups in total. The van der Waals surface area contributed by atoms with Crippen LogP contribution in [0.2, 0.25) is 0 Å². The predicted molar refractivity (Wildman–Crippen MR) is 285 cm³/mol. The Morgan fingerprint density at radius 2 is 0.812 bits per heavy atom. The molecule has 6 nitrogen and oxygen atoms in total. The third-order valence-corrected chi connectivity index (χ3v) is 14.2. The molecule has 6 heteroatoms. The fourth-order valence-corrected chi connectivity index (χ4v) is 11.1. The van der Waals surface area contributed by atoms with E-state index in [9.17, 15) is 0 Å². The molecule has 11 aromatic carbocycles. The van der Waals surface area contributed by atoms with Crippen molar-refractivity contribution in [2.75, 3.05) is 0 Å². The molecule has 0 aliphatic rings. The normalized spacial score (nSPS) is 12.1. The average molecular weight is 880 g/mol. The summed E-state index contributed by atoms with van der Waals surface area (Å²) in [6.07, 6.45) is 0. The van der Waals surface area contributed by atoms with Gasteiger partial charge in [0.2, 0.25) is 5.95 Å². The summed E-state index contributed by atoms with van der Waals surface area (Å²) < 4.78 is 11.3. The second kappa shape index (κ2) is 14.6. The summed E-state index contributed by atoms with van der Waals surface area (Å²) in [5.41, 5.74) is 10.9. The molecule has 0 spiro atoms. The van der Waals surface area contributed by atoms with Gasteiger partial charge in [-0.15, -0.1) is 0 Å². The van der Waals surface area contributed by atoms with Crippen molar-refractivity contribution in [2.45, 2.75) is 0 Å². The number of fused-ring (bicyclic) bond motifs is 16. The van der Waals surface area contributed by atoms with Gasteiger partial charge in [-0.2, -0.15) is 9.97 Å². The lowest BCUT2D eigenvalue weighted by atomic mass is 9.92. The molecule has 0 saturated carbocycles. The van der Waals surface area contributed by atoms with Crippen molar-refractivity contribution in [1.29, 1.82) is 0 Å². The predicted octanol–water partition coefficient (Wildman–Crippen LogP) is 16.4. The van der Waals surface area contributed by atoms with Gasteiger partial charge in [-0.1, -0.05) is 182 Å². The smallest absolute Gasteiger partial charge is 0.238 e. The Bertz CT molecular complexity index is 4560. The lowest BCUT2D eigenvalue weighted by molar-refractivity contribution is 0.669. The third kappa shape index (κ3) is 5.57. The van der Waals surface area contributed by atoms with Crippen molar-refractivity contribution < 1.29 is 4.42 Å². The molecule has 0 fully saturated rings. The quantitative estimate of drug-likeness (QED) is 0.162. The maximum atomic E-state index is 6.59. The summed E-state index contributed by atoms with van der Waals surface area (Å²) in [4.78, 5) is 16.0. The van der Waals surface area contributed by atoms with E-state index in [0.717, 1.165) is 82.5 Å². The van der Waals surface area contributed by atoms with Crippen LogP contribution < -0.4 is 0 Å². The minimum absolute atomic E-state index is 0.523. The Hall–Kier alpha value is -9.39. The highest BCUT2D eigenvalue weighted by atomic mass is 16.3. The van der Waals surface area contributed by atoms with E-state index in [2.05, 4.69) is 191 Å². The van der Waals surface area contributed by atoms with Gasteiger partial charge in [0, 0.05) is 43.6 Å². The van der Waals surface area contributed by atoms with Gasteiger partial charge in [0.15, 0.2) is 11.6 Å². The third-order valence-electron chi connectivity index (χ3n) is 14.2. The van der Waals surface area contributed by atoms with Gasteiger partial charge in [0.25, 0.3) is 0 Å². The Morgan fingerprint density at radius 1 is 0.304 bits per heavy atom. The summed E-state index contributed by atoms with van der Waals surface area (Å²) in [5.74, 6) is 1.63. The fourth-order valence-electron chi connectivity index (χ4n) is 11.1. The Labute approximate surface area is 394 Å². The van der Waals surface area contributed by atoms with Crippen LogP contribution in [-0.2, 0) is 0 Å². The average Bonchev–Trinajstić information content (AvgIpc) is 4.09. The number of rotatable bonds is 5. The molecule has 0 saturated heterocycles. The number of hydrogen-bond acceptors (Lipinski definition) is 4. The molecule has 0 atom stereocenters. The molecule has 0 radical (unpaired) electrons. The Morgan fingerprint density at radius 3 is 1.51 bits per heavy atom. The number of nitrogens with zero attached hydrogens (tertiary/aromatic N) is 5. The van der Waals surface area contributed by atoms with E-state index in [-0.39, 0.29) is 0 Å². The molecule has 0 amide bonds. The van der Waals surface area contributed by atoms with Gasteiger partial charge in [-0.3, -0.25) is 4.57 Å². The molecule has 4 aromatic heterocycles. The largest absolute Gasteiger partial charge is 0.455 e. The first-order valence-electron chi connectivity index (χ1n) is 23.4. The van der Waals surface area contributed by atoms with E-state index in [1.807, 2.05) is 42.5 Å². The van der Waals surface area contributed by atoms with Gasteiger partial charge in [0.05, 0.1) is 27.6 Å². The topological polar surface area (TPSA) is 61.7 Å². The lowest BCUT2D eigenvalue weighted by Gasteiger charge is -2.14. The SMILES string of the molecule is c1ccc(-c2nc(-c3cccc4c3oc3ccccc34)nc(-n3c4ccccc4c4ccc5c6ccccc6n(-c6ccc(-c7ccc8c9ccccc9c9ccccc9c8c7)cc6)c5c43)n2)cc1. The Balaban J connectivity index is 0.974. The van der Waals surface area contributed by atoms with E-state index in [4.69, 9.17) is 19.4 Å². The summed E-state index contributed by atoms with van der Waals surface area (Å²) in [5, 5.41) is 14.2. The van der Waals surface area contributed by atoms with Crippen LogP contribution in [0.4, 0.5) is 0 Å². The zero-order valence-corrected chi connectivity index (χ0v) is 37.0. The first kappa shape index (κ1) is 37.8. The summed E-state index contributed by atoms with van der Waals surface area (Å²) >= 11 is 0. The highest BCUT2D eigenvalue weighted by Crippen LogP contribution is 2.43. The molecular formula is C63H37N5O. The number of aromatic nitrogens is 5. The van der Waals surface area contributed by atoms with Crippen molar-refractivity contribution in [2.24, 2.45) is 0 Å². The van der Waals surface area contributed by atoms with Gasteiger partial charge >= 0.3 is 0 Å². The summed E-state index contributed by atoms with van der Waals surface area (Å²) in [6.45, 7) is 0. The van der Waals surface area contributed by atoms with Crippen LogP contribution in [0.5, 0.6) is 0 Å². The molecular weight excluding hydrogens is 843 g/mol. The van der Waals surface area contributed by atoms with Crippen molar-refractivity contribution in [1.82, 2.24) is 24.1 Å². The van der Waals surface area contributed by atoms with Gasteiger partial charge in [0.1, 0.15) is 11.2 Å². The standard InChI is InChI=1S/C63H37N5O/c1-2-15-39(16-3-1)61-64-62(53-25-14-24-52-49-23-10-13-28-57(49)69-60(52)53)66-63(65-61)68-56-27-12-9-22-48(56)51-36-35-50-47-21-8-11-26-55(47)67(58(50)59(51)68)41-32-29-38(30-33-41)40-31-34-46-44-19-5-4-17-42(44)43-18-6-7-20-45(43)54(46)37-40/h1-37H. The highest BCUT2D eigenvalue weighted by molar-refractivity contribution is 6.26. The Kier molecular flexibility index (Phi) is 7.97. The van der Waals surface area contributed by atoms with Crippen molar-refractivity contribution in [3.05, 3.63) is 224 Å². The van der Waals surface area contributed by atoms with Crippen LogP contribution in [0.1, 0.15) is 0 Å². The maximum absolute atomic E-state index is 6.59. The highest BCUT2D eigenvalue weighted by Gasteiger charge is 2.24. The summed E-state index contributed by atoms with van der Waals surface area (Å²) in [7, 11) is 0. The van der Waals surface area contributed by atoms with Crippen LogP contribution in [0.3, 0.4) is 0 Å². The molecule has 69 heavy (non-hydrogen) atoms. The molecule has 320 valence electrons. The molecule has 0 aliphatic carbocycles. The second-order valence-corrected chi connectivity index (χ2v) is 17.9. The van der Waals surface area contributed by atoms with Gasteiger partial charge in [-0.05, 0) is 85.9 Å². The number of furan rings is 1. The minimum atomic E-state index is 0.523. The van der Waals surface area contributed by atoms with Crippen LogP contribution >= 0.6 is 0 Å². The van der Waals surface area contributed by atoms with Crippen molar-refractivity contribution in [3.63, 3.8) is 0 Å². The van der Waals surface area contributed by atoms with Crippen molar-refractivity contribution in [3.8, 4) is 45.5 Å². The molecule has 0 bridgehead atoms. The number of para-hydroxylation sites is 4. The second-order valence-electron chi connectivity index (χ2n) is 17.9. The monoisotopic (exact) mass is 879 g/mol. The van der Waals surface area contributed by atoms with Crippen molar-refractivity contribution >= 4 is 97.9 Å². The zero-order chi connectivity index (χ0) is 45.2. The minimum Gasteiger partial charge on any atom is -0.455 e. The molecule has 0 unspecified atom stereocenters. The van der Waals surface area contributed by atoms with Crippen LogP contribution in [-0.4, -0.2) is 24.1 Å². The molecule has 15 aromatic rings. The van der Waals surface area contributed by atoms with Crippen LogP contribution in [0.15, 0.2) is 229 Å². The molecule has 0 aliphatic heterocycles. The van der Waals surface area contributed by atoms with E-state index in [1.165, 1.54) is 43.3 Å². The number of hydrogen-bond donors (Lipinski definition) is 0. The maximum Gasteiger partial charge on any atom is 0.238 e. The van der Waals surface area contributed by atoms with Gasteiger partial charge < -0.3 is 8.98 Å². The van der Waals surface area contributed by atoms with E-state index in [1.54, 1.807) is 0 Å². The van der Waals surface area contributed by atoms with E-state index in [0.29, 0.717) is 17.6 Å². The van der Waals surface area contributed by atoms with E-state index >= 15 is 0 Å². The van der Waals surface area contributed by atoms with Crippen LogP contribution in [0, 0.1) is 0 Å². The first-order valence-corrected chi connectivity index (χ1v) is 23.4. The summed E-state index contributed by atoms with van der Waals surface area (Å²) in [6, 6.07) is 79.9. The zero-order valence-electron chi connectivity index (χ0n) is 37.0. The fraction of sp³-hybridized carbons (Fsp3) is 0. The van der Waals surface area contributed by atoms with E-state index < -0.39 is 0 Å². The number of benzene rings is 11. The van der Waals surface area contributed by atoms with Gasteiger partial charge in [-0.25, -0.2) is 4.98 Å². The van der Waals surface area contributed by atoms with Crippen LogP contribution in [0.25, 0.3) is 143 Å². The first-order chi connectivity index (χ1) is 34.2. The molecule has 4 heterocycles. The lowest BCUT2D eigenvalue weighted by Crippen LogP contribution is -2.07. The molecule has 15 rings (SSSR count).